The third kappa shape index (κ3) is 4.23. The fraction of sp³-hybridized carbons (Fsp3) is 0.333. The average molecular weight is 281 g/mol. The summed E-state index contributed by atoms with van der Waals surface area (Å²) in [4.78, 5) is 47.1. The molecule has 0 bridgehead atoms. The highest BCUT2D eigenvalue weighted by Crippen LogP contribution is 2.06. The maximum atomic E-state index is 11.8. The minimum Gasteiger partial charge on any atom is -0.480 e. The lowest BCUT2D eigenvalue weighted by molar-refractivity contribution is -0.139. The van der Waals surface area contributed by atoms with Gasteiger partial charge in [-0.3, -0.25) is 14.4 Å². The second-order valence-electron chi connectivity index (χ2n) is 4.23. The number of nitrogens with one attached hydrogen (secondary N) is 2. The van der Waals surface area contributed by atoms with Gasteiger partial charge >= 0.3 is 5.97 Å². The fourth-order valence-corrected chi connectivity index (χ4v) is 1.51. The second-order valence-corrected chi connectivity index (χ2v) is 4.23. The number of carboxylic acids is 1. The first-order chi connectivity index (χ1) is 9.31. The van der Waals surface area contributed by atoms with Gasteiger partial charge in [-0.2, -0.15) is 0 Å². The predicted octanol–water partition coefficient (Wildman–Crippen LogP) is -0.334. The van der Waals surface area contributed by atoms with E-state index in [1.165, 1.54) is 19.2 Å². The van der Waals surface area contributed by atoms with Crippen molar-refractivity contribution in [1.82, 2.24) is 10.3 Å². The number of nitrogens with two attached hydrogens (primary N) is 1. The number of Topliss-reactive ketones (excluding diaryl/α,β-unsaturated/α-hetero) is 1. The maximum absolute atomic E-state index is 11.8. The summed E-state index contributed by atoms with van der Waals surface area (Å²) in [5.74, 6) is -2.81. The number of rotatable bonds is 7. The highest BCUT2D eigenvalue weighted by molar-refractivity contribution is 6.00. The van der Waals surface area contributed by atoms with Gasteiger partial charge in [-0.1, -0.05) is 0 Å². The van der Waals surface area contributed by atoms with Crippen molar-refractivity contribution in [3.63, 3.8) is 0 Å². The topological polar surface area (TPSA) is 142 Å². The molecule has 0 fully saturated rings. The van der Waals surface area contributed by atoms with Gasteiger partial charge in [0.1, 0.15) is 11.7 Å². The monoisotopic (exact) mass is 281 g/mol. The van der Waals surface area contributed by atoms with Crippen LogP contribution in [0.1, 0.15) is 40.6 Å². The molecule has 5 N–H and O–H groups in total. The Hall–Kier alpha value is -2.64. The van der Waals surface area contributed by atoms with Gasteiger partial charge in [-0.15, -0.1) is 0 Å². The smallest absolute Gasteiger partial charge is 0.326 e. The van der Waals surface area contributed by atoms with Crippen molar-refractivity contribution in [2.75, 3.05) is 0 Å². The van der Waals surface area contributed by atoms with Crippen molar-refractivity contribution < 1.29 is 24.3 Å². The standard InChI is InChI=1S/C12H15N3O5/c1-6(16)7-4-9(14-5-7)11(18)15-8(12(19)20)2-3-10(13)17/h4-5,8,14H,2-3H2,1H3,(H2,13,17)(H,15,18)(H,19,20)/t8-/m1/s1. The molecule has 1 heterocycles. The van der Waals surface area contributed by atoms with Crippen LogP contribution in [0, 0.1) is 0 Å². The van der Waals surface area contributed by atoms with Gasteiger partial charge in [-0.05, 0) is 19.4 Å². The van der Waals surface area contributed by atoms with Crippen LogP contribution in [0.3, 0.4) is 0 Å². The Morgan fingerprint density at radius 3 is 2.50 bits per heavy atom. The molecule has 1 aromatic heterocycles. The first-order valence-electron chi connectivity index (χ1n) is 5.82. The van der Waals surface area contributed by atoms with Crippen LogP contribution in [-0.2, 0) is 9.59 Å². The fourth-order valence-electron chi connectivity index (χ4n) is 1.51. The zero-order valence-electron chi connectivity index (χ0n) is 10.8. The number of aromatic nitrogens is 1. The molecule has 0 aliphatic rings. The van der Waals surface area contributed by atoms with E-state index < -0.39 is 23.8 Å². The third-order valence-electron chi connectivity index (χ3n) is 2.62. The Bertz CT molecular complexity index is 549. The predicted molar refractivity (Wildman–Crippen MR) is 68.1 cm³/mol. The molecule has 2 amide bonds. The van der Waals surface area contributed by atoms with Crippen LogP contribution in [0.2, 0.25) is 0 Å². The van der Waals surface area contributed by atoms with E-state index in [4.69, 9.17) is 10.8 Å². The summed E-state index contributed by atoms with van der Waals surface area (Å²) in [5, 5.41) is 11.2. The van der Waals surface area contributed by atoms with E-state index in [1.807, 2.05) is 0 Å². The molecule has 1 atom stereocenters. The Labute approximate surface area is 114 Å². The minimum absolute atomic E-state index is 0.0699. The van der Waals surface area contributed by atoms with Crippen molar-refractivity contribution in [3.8, 4) is 0 Å². The van der Waals surface area contributed by atoms with Crippen LogP contribution < -0.4 is 11.1 Å². The highest BCUT2D eigenvalue weighted by atomic mass is 16.4. The molecular formula is C12H15N3O5. The van der Waals surface area contributed by atoms with Crippen molar-refractivity contribution in [1.29, 1.82) is 0 Å². The zero-order valence-corrected chi connectivity index (χ0v) is 10.8. The number of carboxylic acid groups (broad SMARTS) is 1. The van der Waals surface area contributed by atoms with E-state index in [0.717, 1.165) is 0 Å². The van der Waals surface area contributed by atoms with Gasteiger partial charge < -0.3 is 21.1 Å². The number of amides is 2. The summed E-state index contributed by atoms with van der Waals surface area (Å²) in [6.45, 7) is 1.35. The number of carbonyl (C=O) groups is 4. The number of aliphatic carboxylic acids is 1. The third-order valence-corrected chi connectivity index (χ3v) is 2.62. The van der Waals surface area contributed by atoms with E-state index in [0.29, 0.717) is 5.56 Å². The van der Waals surface area contributed by atoms with E-state index in [2.05, 4.69) is 10.3 Å². The van der Waals surface area contributed by atoms with Crippen LogP contribution >= 0.6 is 0 Å². The minimum atomic E-state index is -1.27. The summed E-state index contributed by atoms with van der Waals surface area (Å²) < 4.78 is 0. The van der Waals surface area contributed by atoms with Crippen LogP contribution in [-0.4, -0.2) is 39.7 Å². The molecule has 0 aromatic carbocycles. The number of H-pyrrole nitrogens is 1. The SMILES string of the molecule is CC(=O)c1c[nH]c(C(=O)N[C@H](CCC(N)=O)C(=O)O)c1. The molecule has 20 heavy (non-hydrogen) atoms. The van der Waals surface area contributed by atoms with Crippen molar-refractivity contribution in [2.24, 2.45) is 5.73 Å². The summed E-state index contributed by atoms with van der Waals surface area (Å²) >= 11 is 0. The lowest BCUT2D eigenvalue weighted by Gasteiger charge is -2.12. The highest BCUT2D eigenvalue weighted by Gasteiger charge is 2.22. The molecule has 0 unspecified atom stereocenters. The van der Waals surface area contributed by atoms with Gasteiger partial charge in [0, 0.05) is 18.2 Å². The van der Waals surface area contributed by atoms with Gasteiger partial charge in [0.25, 0.3) is 5.91 Å². The number of ketones is 1. The van der Waals surface area contributed by atoms with Crippen molar-refractivity contribution in [2.45, 2.75) is 25.8 Å². The number of hydrogen-bond acceptors (Lipinski definition) is 4. The summed E-state index contributed by atoms with van der Waals surface area (Å²) in [6, 6.07) is 0.101. The normalized spacial score (nSPS) is 11.7. The Kier molecular flexibility index (Phi) is 5.01. The summed E-state index contributed by atoms with van der Waals surface area (Å²) in [6.07, 6.45) is 1.10. The van der Waals surface area contributed by atoms with Gasteiger partial charge in [0.2, 0.25) is 5.91 Å². The van der Waals surface area contributed by atoms with Crippen LogP contribution in [0.15, 0.2) is 12.3 Å². The largest absolute Gasteiger partial charge is 0.480 e. The lowest BCUT2D eigenvalue weighted by atomic mass is 10.1. The Balaban J connectivity index is 2.72. The summed E-state index contributed by atoms with van der Waals surface area (Å²) in [5.41, 5.74) is 5.32. The van der Waals surface area contributed by atoms with Crippen LogP contribution in [0.4, 0.5) is 0 Å². The number of primary amides is 1. The number of hydrogen-bond donors (Lipinski definition) is 4. The molecule has 0 saturated carbocycles. The Morgan fingerprint density at radius 2 is 2.05 bits per heavy atom. The summed E-state index contributed by atoms with van der Waals surface area (Å²) in [7, 11) is 0. The van der Waals surface area contributed by atoms with E-state index in [-0.39, 0.29) is 24.3 Å². The molecule has 1 aromatic rings. The van der Waals surface area contributed by atoms with E-state index >= 15 is 0 Å². The van der Waals surface area contributed by atoms with Crippen LogP contribution in [0.5, 0.6) is 0 Å². The molecule has 0 aliphatic heterocycles. The molecule has 108 valence electrons. The van der Waals surface area contributed by atoms with Gasteiger partial charge in [-0.25, -0.2) is 4.79 Å². The quantitative estimate of drug-likeness (QED) is 0.506. The van der Waals surface area contributed by atoms with Gasteiger partial charge in [0.15, 0.2) is 5.78 Å². The first-order valence-corrected chi connectivity index (χ1v) is 5.82. The maximum Gasteiger partial charge on any atom is 0.326 e. The number of carbonyl (C=O) groups excluding carboxylic acids is 3. The molecule has 8 heteroatoms. The lowest BCUT2D eigenvalue weighted by Crippen LogP contribution is -2.41. The molecular weight excluding hydrogens is 266 g/mol. The molecule has 1 rings (SSSR count). The van der Waals surface area contributed by atoms with Crippen molar-refractivity contribution >= 4 is 23.6 Å². The Morgan fingerprint density at radius 1 is 1.40 bits per heavy atom. The zero-order chi connectivity index (χ0) is 15.3. The first kappa shape index (κ1) is 15.4. The van der Waals surface area contributed by atoms with E-state index in [1.54, 1.807) is 0 Å². The van der Waals surface area contributed by atoms with Crippen molar-refractivity contribution in [3.05, 3.63) is 23.5 Å². The molecule has 0 radical (unpaired) electrons. The van der Waals surface area contributed by atoms with Gasteiger partial charge in [0.05, 0.1) is 0 Å². The molecule has 0 aliphatic carbocycles. The second kappa shape index (κ2) is 6.50. The van der Waals surface area contributed by atoms with Crippen LogP contribution in [0.25, 0.3) is 0 Å². The molecule has 0 saturated heterocycles. The number of aromatic amines is 1. The average Bonchev–Trinajstić information content (AvgIpc) is 2.83. The molecule has 8 nitrogen and oxygen atoms in total. The molecule has 0 spiro atoms. The van der Waals surface area contributed by atoms with E-state index in [9.17, 15) is 19.2 Å².